The van der Waals surface area contributed by atoms with Gasteiger partial charge in [0, 0.05) is 30.9 Å². The fourth-order valence-electron chi connectivity index (χ4n) is 4.42. The van der Waals surface area contributed by atoms with Gasteiger partial charge >= 0.3 is 0 Å². The third-order valence-electron chi connectivity index (χ3n) is 5.88. The maximum atomic E-state index is 13.7. The third-order valence-corrected chi connectivity index (χ3v) is 5.88. The van der Waals surface area contributed by atoms with Crippen LogP contribution in [0.15, 0.2) is 54.2 Å². The molecule has 0 bridgehead atoms. The van der Waals surface area contributed by atoms with E-state index in [0.717, 1.165) is 18.5 Å². The van der Waals surface area contributed by atoms with E-state index in [1.165, 1.54) is 10.5 Å². The average molecular weight is 435 g/mol. The molecule has 6 nitrogen and oxygen atoms in total. The first-order valence-electron chi connectivity index (χ1n) is 11.2. The highest BCUT2D eigenvalue weighted by atomic mass is 16.5. The molecular formula is C26H30N2O4. The molecule has 2 aliphatic heterocycles. The lowest BCUT2D eigenvalue weighted by molar-refractivity contribution is -0.137. The Hall–Kier alpha value is -3.12. The predicted molar refractivity (Wildman–Crippen MR) is 124 cm³/mol. The summed E-state index contributed by atoms with van der Waals surface area (Å²) >= 11 is 0. The number of hydrogen-bond donors (Lipinski definition) is 0. The van der Waals surface area contributed by atoms with E-state index in [4.69, 9.17) is 9.47 Å². The van der Waals surface area contributed by atoms with E-state index in [1.54, 1.807) is 7.11 Å². The Kier molecular flexibility index (Phi) is 6.61. The molecule has 2 amide bonds. The van der Waals surface area contributed by atoms with Crippen molar-refractivity contribution in [3.63, 3.8) is 0 Å². The molecule has 0 radical (unpaired) electrons. The molecule has 0 N–H and O–H groups in total. The molecule has 0 aliphatic carbocycles. The van der Waals surface area contributed by atoms with Gasteiger partial charge in [-0.05, 0) is 50.8 Å². The van der Waals surface area contributed by atoms with Crippen LogP contribution in [0.3, 0.4) is 0 Å². The predicted octanol–water partition coefficient (Wildman–Crippen LogP) is 4.04. The maximum Gasteiger partial charge on any atom is 0.278 e. The van der Waals surface area contributed by atoms with Gasteiger partial charge in [0.25, 0.3) is 11.8 Å². The Bertz CT molecular complexity index is 1040. The number of ether oxygens (including phenoxy) is 2. The van der Waals surface area contributed by atoms with E-state index in [2.05, 4.69) is 6.07 Å². The van der Waals surface area contributed by atoms with Crippen LogP contribution in [0.2, 0.25) is 0 Å². The van der Waals surface area contributed by atoms with Gasteiger partial charge in [-0.25, -0.2) is 0 Å². The van der Waals surface area contributed by atoms with E-state index in [-0.39, 0.29) is 17.9 Å². The summed E-state index contributed by atoms with van der Waals surface area (Å²) < 4.78 is 11.2. The van der Waals surface area contributed by atoms with E-state index in [0.29, 0.717) is 48.7 Å². The fourth-order valence-corrected chi connectivity index (χ4v) is 4.42. The summed E-state index contributed by atoms with van der Waals surface area (Å²) in [4.78, 5) is 30.6. The number of rotatable bonds is 8. The summed E-state index contributed by atoms with van der Waals surface area (Å²) in [5.41, 5.74) is 3.68. The van der Waals surface area contributed by atoms with Crippen LogP contribution in [0.1, 0.15) is 37.8 Å². The second-order valence-electron chi connectivity index (χ2n) is 8.34. The second-order valence-corrected chi connectivity index (χ2v) is 8.34. The number of amides is 2. The molecule has 2 aromatic carbocycles. The van der Waals surface area contributed by atoms with Gasteiger partial charge in [0.2, 0.25) is 0 Å². The average Bonchev–Trinajstić information content (AvgIpc) is 3.05. The van der Waals surface area contributed by atoms with Gasteiger partial charge in [-0.3, -0.25) is 14.5 Å². The highest BCUT2D eigenvalue weighted by molar-refractivity contribution is 6.37. The molecule has 168 valence electrons. The highest BCUT2D eigenvalue weighted by Gasteiger charge is 2.43. The van der Waals surface area contributed by atoms with Crippen LogP contribution >= 0.6 is 0 Å². The van der Waals surface area contributed by atoms with Crippen molar-refractivity contribution in [3.05, 3.63) is 65.4 Å². The zero-order valence-corrected chi connectivity index (χ0v) is 19.0. The van der Waals surface area contributed by atoms with Crippen LogP contribution in [-0.4, -0.2) is 49.6 Å². The van der Waals surface area contributed by atoms with Gasteiger partial charge in [-0.15, -0.1) is 0 Å². The number of methoxy groups -OCH3 is 1. The molecule has 2 aliphatic rings. The minimum atomic E-state index is -0.276. The van der Waals surface area contributed by atoms with Crippen molar-refractivity contribution in [2.45, 2.75) is 39.2 Å². The van der Waals surface area contributed by atoms with Crippen LogP contribution < -0.4 is 9.64 Å². The van der Waals surface area contributed by atoms with Gasteiger partial charge in [-0.2, -0.15) is 0 Å². The number of nitrogens with zero attached hydrogens (tertiary/aromatic N) is 2. The van der Waals surface area contributed by atoms with Crippen molar-refractivity contribution in [1.29, 1.82) is 0 Å². The van der Waals surface area contributed by atoms with Crippen LogP contribution in [-0.2, 0) is 20.7 Å². The fraction of sp³-hybridized carbons (Fsp3) is 0.385. The Balaban J connectivity index is 1.76. The smallest absolute Gasteiger partial charge is 0.278 e. The number of carbonyl (C=O) groups is 2. The molecule has 32 heavy (non-hydrogen) atoms. The van der Waals surface area contributed by atoms with Crippen molar-refractivity contribution < 1.29 is 19.1 Å². The summed E-state index contributed by atoms with van der Waals surface area (Å²) in [6.45, 7) is 5.45. The van der Waals surface area contributed by atoms with Crippen molar-refractivity contribution >= 4 is 23.1 Å². The van der Waals surface area contributed by atoms with Gasteiger partial charge in [0.15, 0.2) is 0 Å². The summed E-state index contributed by atoms with van der Waals surface area (Å²) in [7, 11) is 1.58. The number of carbonyl (C=O) groups excluding carboxylic acids is 2. The normalized spacial score (nSPS) is 16.2. The minimum Gasteiger partial charge on any atom is -0.496 e. The monoisotopic (exact) mass is 434 g/mol. The molecule has 6 heteroatoms. The Morgan fingerprint density at radius 2 is 1.75 bits per heavy atom. The number of imide groups is 1. The molecule has 0 aromatic heterocycles. The molecular weight excluding hydrogens is 404 g/mol. The number of para-hydroxylation sites is 2. The van der Waals surface area contributed by atoms with E-state index >= 15 is 0 Å². The van der Waals surface area contributed by atoms with Gasteiger partial charge in [0.05, 0.1) is 18.8 Å². The van der Waals surface area contributed by atoms with E-state index < -0.39 is 0 Å². The summed E-state index contributed by atoms with van der Waals surface area (Å²) in [6.07, 6.45) is 2.59. The van der Waals surface area contributed by atoms with Crippen LogP contribution in [0.4, 0.5) is 5.69 Å². The number of fused-ring (bicyclic) bond motifs is 1. The van der Waals surface area contributed by atoms with Crippen molar-refractivity contribution in [2.75, 3.05) is 31.7 Å². The summed E-state index contributed by atoms with van der Waals surface area (Å²) in [5, 5.41) is 0. The molecule has 0 fully saturated rings. The molecule has 0 unspecified atom stereocenters. The Labute approximate surface area is 189 Å². The molecule has 0 saturated heterocycles. The number of anilines is 1. The van der Waals surface area contributed by atoms with Crippen molar-refractivity contribution in [3.8, 4) is 5.75 Å². The second kappa shape index (κ2) is 9.57. The lowest BCUT2D eigenvalue weighted by Crippen LogP contribution is -2.38. The zero-order chi connectivity index (χ0) is 22.7. The largest absolute Gasteiger partial charge is 0.496 e. The molecule has 0 spiro atoms. The van der Waals surface area contributed by atoms with Gasteiger partial charge < -0.3 is 14.4 Å². The first kappa shape index (κ1) is 22.1. The first-order chi connectivity index (χ1) is 15.5. The maximum absolute atomic E-state index is 13.7. The zero-order valence-electron chi connectivity index (χ0n) is 19.0. The number of benzene rings is 2. The molecule has 0 saturated carbocycles. The molecule has 4 rings (SSSR count). The summed E-state index contributed by atoms with van der Waals surface area (Å²) in [5.74, 6) is 0.0516. The van der Waals surface area contributed by atoms with E-state index in [9.17, 15) is 9.59 Å². The number of aryl methyl sites for hydroxylation is 1. The Morgan fingerprint density at radius 3 is 2.53 bits per heavy atom. The van der Waals surface area contributed by atoms with Crippen LogP contribution in [0, 0.1) is 0 Å². The molecule has 0 atom stereocenters. The highest BCUT2D eigenvalue weighted by Crippen LogP contribution is 2.40. The van der Waals surface area contributed by atoms with Crippen LogP contribution in [0.5, 0.6) is 5.75 Å². The Morgan fingerprint density at radius 1 is 1.00 bits per heavy atom. The summed E-state index contributed by atoms with van der Waals surface area (Å²) in [6, 6.07) is 15.5. The number of hydrogen-bond acceptors (Lipinski definition) is 5. The van der Waals surface area contributed by atoms with Gasteiger partial charge in [-0.1, -0.05) is 36.4 Å². The lowest BCUT2D eigenvalue weighted by Gasteiger charge is -2.32. The molecule has 2 heterocycles. The topological polar surface area (TPSA) is 59.1 Å². The third kappa shape index (κ3) is 4.15. The lowest BCUT2D eigenvalue weighted by atomic mass is 9.98. The molecule has 2 aromatic rings. The minimum absolute atomic E-state index is 0.114. The first-order valence-corrected chi connectivity index (χ1v) is 11.2. The van der Waals surface area contributed by atoms with Gasteiger partial charge in [0.1, 0.15) is 11.4 Å². The van der Waals surface area contributed by atoms with E-state index in [1.807, 2.05) is 61.2 Å². The van der Waals surface area contributed by atoms with Crippen LogP contribution in [0.25, 0.3) is 5.57 Å². The van der Waals surface area contributed by atoms with Crippen molar-refractivity contribution in [1.82, 2.24) is 4.90 Å². The SMILES string of the molecule is COc1ccccc1C1=C(N2CCCc3ccccc32)C(=O)N(CCCOC(C)C)C1=O. The standard InChI is InChI=1S/C26H30N2O4/c1-18(2)32-17-9-16-28-25(29)23(20-12-5-7-14-22(20)31-3)24(26(28)30)27-15-8-11-19-10-4-6-13-21(19)27/h4-7,10,12-14,18H,8-9,11,15-17H2,1-3H3. The quantitative estimate of drug-likeness (QED) is 0.464. The van der Waals surface area contributed by atoms with Crippen molar-refractivity contribution in [2.24, 2.45) is 0 Å².